The molecule has 3 rings (SSSR count). The number of methoxy groups -OCH3 is 1. The Morgan fingerprint density at radius 3 is 2.74 bits per heavy atom. The molecule has 0 aliphatic heterocycles. The maximum absolute atomic E-state index is 9.82. The topological polar surface area (TPSA) is 54.6 Å². The van der Waals surface area contributed by atoms with Crippen molar-refractivity contribution in [2.45, 2.75) is 53.4 Å². The fraction of sp³-hybridized carbons (Fsp3) is 0.462. The molecule has 0 N–H and O–H groups in total. The van der Waals surface area contributed by atoms with Crippen molar-refractivity contribution < 1.29 is 9.47 Å². The summed E-state index contributed by atoms with van der Waals surface area (Å²) < 4.78 is 11.4. The fourth-order valence-corrected chi connectivity index (χ4v) is 5.43. The van der Waals surface area contributed by atoms with Crippen LogP contribution in [0.15, 0.2) is 29.8 Å². The van der Waals surface area contributed by atoms with Crippen LogP contribution in [-0.4, -0.2) is 19.9 Å². The quantitative estimate of drug-likeness (QED) is 0.360. The van der Waals surface area contributed by atoms with Gasteiger partial charge in [-0.3, -0.25) is 0 Å². The van der Waals surface area contributed by atoms with Crippen LogP contribution in [0.3, 0.4) is 0 Å². The van der Waals surface area contributed by atoms with Gasteiger partial charge in [0.25, 0.3) is 0 Å². The third-order valence-electron chi connectivity index (χ3n) is 5.94. The van der Waals surface area contributed by atoms with Crippen molar-refractivity contribution in [1.29, 1.82) is 5.26 Å². The SMILES string of the molecule is C=CCc1cc(C=Nc2sc3c(c2C#N)CC[C@@H](C(C)(C)C)C3)cc(OCC)c1OC. The number of benzene rings is 1. The van der Waals surface area contributed by atoms with Crippen LogP contribution in [0.2, 0.25) is 0 Å². The summed E-state index contributed by atoms with van der Waals surface area (Å²) in [5.74, 6) is 2.07. The Labute approximate surface area is 190 Å². The molecule has 0 spiro atoms. The zero-order chi connectivity index (χ0) is 22.6. The van der Waals surface area contributed by atoms with Crippen molar-refractivity contribution in [3.63, 3.8) is 0 Å². The molecule has 1 heterocycles. The molecule has 4 nitrogen and oxygen atoms in total. The van der Waals surface area contributed by atoms with Crippen LogP contribution in [0.25, 0.3) is 0 Å². The molecule has 2 aromatic rings. The third-order valence-corrected chi connectivity index (χ3v) is 7.10. The van der Waals surface area contributed by atoms with Crippen molar-refractivity contribution in [3.8, 4) is 17.6 Å². The van der Waals surface area contributed by atoms with Gasteiger partial charge in [0.15, 0.2) is 11.5 Å². The largest absolute Gasteiger partial charge is 0.493 e. The van der Waals surface area contributed by atoms with Crippen LogP contribution in [-0.2, 0) is 19.3 Å². The Morgan fingerprint density at radius 2 is 2.13 bits per heavy atom. The molecule has 0 bridgehead atoms. The number of nitriles is 1. The summed E-state index contributed by atoms with van der Waals surface area (Å²) >= 11 is 1.67. The number of hydrogen-bond donors (Lipinski definition) is 0. The summed E-state index contributed by atoms with van der Waals surface area (Å²) in [5, 5.41) is 10.6. The summed E-state index contributed by atoms with van der Waals surface area (Å²) in [6.45, 7) is 13.3. The highest BCUT2D eigenvalue weighted by Crippen LogP contribution is 2.45. The number of aliphatic imine (C=N–C) groups is 1. The third kappa shape index (κ3) is 5.02. The molecule has 31 heavy (non-hydrogen) atoms. The van der Waals surface area contributed by atoms with Gasteiger partial charge in [0.1, 0.15) is 11.1 Å². The van der Waals surface area contributed by atoms with Gasteiger partial charge in [-0.05, 0) is 67.2 Å². The molecular weight excluding hydrogens is 404 g/mol. The Kier molecular flexibility index (Phi) is 7.23. The molecule has 0 unspecified atom stereocenters. The molecule has 1 aromatic heterocycles. The van der Waals surface area contributed by atoms with Crippen molar-refractivity contribution in [2.24, 2.45) is 16.3 Å². The number of hydrogen-bond acceptors (Lipinski definition) is 5. The van der Waals surface area contributed by atoms with E-state index in [0.717, 1.165) is 46.7 Å². The van der Waals surface area contributed by atoms with E-state index in [1.54, 1.807) is 18.4 Å². The van der Waals surface area contributed by atoms with Gasteiger partial charge in [0, 0.05) is 16.7 Å². The minimum atomic E-state index is 0.276. The summed E-state index contributed by atoms with van der Waals surface area (Å²) in [6, 6.07) is 6.40. The van der Waals surface area contributed by atoms with E-state index in [-0.39, 0.29) is 5.41 Å². The summed E-state index contributed by atoms with van der Waals surface area (Å²) in [4.78, 5) is 6.07. The second-order valence-corrected chi connectivity index (χ2v) is 10.1. The molecule has 1 aliphatic rings. The first-order valence-corrected chi connectivity index (χ1v) is 11.7. The number of ether oxygens (including phenoxy) is 2. The van der Waals surface area contributed by atoms with Crippen LogP contribution < -0.4 is 9.47 Å². The maximum Gasteiger partial charge on any atom is 0.164 e. The second-order valence-electron chi connectivity index (χ2n) is 9.00. The lowest BCUT2D eigenvalue weighted by Crippen LogP contribution is -2.26. The number of rotatable bonds is 7. The minimum absolute atomic E-state index is 0.276. The van der Waals surface area contributed by atoms with E-state index in [4.69, 9.17) is 14.5 Å². The molecule has 0 saturated carbocycles. The molecule has 1 aromatic carbocycles. The zero-order valence-corrected chi connectivity index (χ0v) is 20.1. The lowest BCUT2D eigenvalue weighted by Gasteiger charge is -2.33. The van der Waals surface area contributed by atoms with E-state index in [0.29, 0.717) is 24.7 Å². The smallest absolute Gasteiger partial charge is 0.164 e. The Hall–Kier alpha value is -2.58. The van der Waals surface area contributed by atoms with Gasteiger partial charge in [-0.1, -0.05) is 26.8 Å². The molecule has 0 fully saturated rings. The van der Waals surface area contributed by atoms with Gasteiger partial charge in [-0.15, -0.1) is 17.9 Å². The van der Waals surface area contributed by atoms with Gasteiger partial charge < -0.3 is 9.47 Å². The normalized spacial score (nSPS) is 16.1. The van der Waals surface area contributed by atoms with Gasteiger partial charge in [0.05, 0.1) is 19.3 Å². The van der Waals surface area contributed by atoms with Crippen molar-refractivity contribution >= 4 is 22.6 Å². The highest BCUT2D eigenvalue weighted by atomic mass is 32.1. The van der Waals surface area contributed by atoms with Crippen molar-refractivity contribution in [2.75, 3.05) is 13.7 Å². The lowest BCUT2D eigenvalue weighted by atomic mass is 9.72. The molecule has 0 radical (unpaired) electrons. The fourth-order valence-electron chi connectivity index (χ4n) is 4.21. The van der Waals surface area contributed by atoms with E-state index in [2.05, 4.69) is 33.4 Å². The summed E-state index contributed by atoms with van der Waals surface area (Å²) in [6.07, 6.45) is 7.48. The number of thiophene rings is 1. The average molecular weight is 437 g/mol. The van der Waals surface area contributed by atoms with Crippen LogP contribution in [0.5, 0.6) is 11.5 Å². The van der Waals surface area contributed by atoms with E-state index < -0.39 is 0 Å². The molecule has 0 saturated heterocycles. The zero-order valence-electron chi connectivity index (χ0n) is 19.2. The molecular formula is C26H32N2O2S. The van der Waals surface area contributed by atoms with Crippen LogP contribution in [0.4, 0.5) is 5.00 Å². The van der Waals surface area contributed by atoms with Crippen LogP contribution in [0.1, 0.15) is 61.2 Å². The first kappa shape index (κ1) is 23.1. The Bertz CT molecular complexity index is 1020. The number of allylic oxidation sites excluding steroid dienone is 1. The first-order chi connectivity index (χ1) is 14.8. The highest BCUT2D eigenvalue weighted by Gasteiger charge is 2.32. The Morgan fingerprint density at radius 1 is 1.35 bits per heavy atom. The van der Waals surface area contributed by atoms with Crippen LogP contribution in [0, 0.1) is 22.7 Å². The van der Waals surface area contributed by atoms with Gasteiger partial charge in [-0.2, -0.15) is 5.26 Å². The van der Waals surface area contributed by atoms with Gasteiger partial charge >= 0.3 is 0 Å². The van der Waals surface area contributed by atoms with Gasteiger partial charge in [0.2, 0.25) is 0 Å². The molecule has 1 aliphatic carbocycles. The average Bonchev–Trinajstić information content (AvgIpc) is 3.08. The predicted octanol–water partition coefficient (Wildman–Crippen LogP) is 6.66. The predicted molar refractivity (Wildman–Crippen MR) is 129 cm³/mol. The monoisotopic (exact) mass is 436 g/mol. The molecule has 164 valence electrons. The number of fused-ring (bicyclic) bond motifs is 1. The molecule has 0 amide bonds. The van der Waals surface area contributed by atoms with Crippen molar-refractivity contribution in [1.82, 2.24) is 0 Å². The molecule has 1 atom stereocenters. The highest BCUT2D eigenvalue weighted by molar-refractivity contribution is 7.16. The first-order valence-electron chi connectivity index (χ1n) is 10.9. The van der Waals surface area contributed by atoms with E-state index in [1.807, 2.05) is 31.3 Å². The Balaban J connectivity index is 1.96. The van der Waals surface area contributed by atoms with E-state index in [1.165, 1.54) is 10.4 Å². The lowest BCUT2D eigenvalue weighted by molar-refractivity contribution is 0.218. The van der Waals surface area contributed by atoms with E-state index >= 15 is 0 Å². The van der Waals surface area contributed by atoms with Crippen molar-refractivity contribution in [3.05, 3.63) is 51.9 Å². The summed E-state index contributed by atoms with van der Waals surface area (Å²) in [7, 11) is 1.65. The maximum atomic E-state index is 9.82. The second kappa shape index (κ2) is 9.70. The number of nitrogens with zero attached hydrogens (tertiary/aromatic N) is 2. The van der Waals surface area contributed by atoms with Gasteiger partial charge in [-0.25, -0.2) is 4.99 Å². The van der Waals surface area contributed by atoms with E-state index in [9.17, 15) is 5.26 Å². The summed E-state index contributed by atoms with van der Waals surface area (Å²) in [5.41, 5.74) is 4.15. The minimum Gasteiger partial charge on any atom is -0.493 e. The van der Waals surface area contributed by atoms with Crippen LogP contribution >= 0.6 is 11.3 Å². The molecule has 5 heteroatoms. The standard InChI is InChI=1S/C26H32N2O2S/c1-7-9-18-12-17(13-22(30-8-2)24(18)29-6)16-28-25-21(15-27)20-11-10-19(26(3,4)5)14-23(20)31-25/h7,12-13,16,19H,1,8-11,14H2,2-6H3/t19-/m1/s1.